The number of amides is 1. The SMILES string of the molecule is CNC1CCCN(C(=O)c2cc(S(=O)(=O)N(C)C)ccc2N2CCCC2)C1. The molecule has 0 bridgehead atoms. The van der Waals surface area contributed by atoms with Crippen LogP contribution in [0, 0.1) is 0 Å². The lowest BCUT2D eigenvalue weighted by Gasteiger charge is -2.34. The highest BCUT2D eigenvalue weighted by Crippen LogP contribution is 2.29. The molecule has 0 spiro atoms. The minimum atomic E-state index is -3.59. The van der Waals surface area contributed by atoms with E-state index in [-0.39, 0.29) is 16.8 Å². The van der Waals surface area contributed by atoms with Crippen molar-refractivity contribution in [1.82, 2.24) is 14.5 Å². The van der Waals surface area contributed by atoms with Crippen LogP contribution in [0.5, 0.6) is 0 Å². The summed E-state index contributed by atoms with van der Waals surface area (Å²) in [7, 11) is 1.34. The third-order valence-electron chi connectivity index (χ3n) is 5.54. The molecule has 2 heterocycles. The molecule has 2 fully saturated rings. The zero-order valence-corrected chi connectivity index (χ0v) is 17.3. The molecule has 0 aromatic heterocycles. The molecule has 2 saturated heterocycles. The van der Waals surface area contributed by atoms with Gasteiger partial charge in [0.15, 0.2) is 0 Å². The normalized spacial score (nSPS) is 21.1. The molecule has 0 saturated carbocycles. The Kier molecular flexibility index (Phi) is 6.08. The van der Waals surface area contributed by atoms with Crippen molar-refractivity contribution in [3.05, 3.63) is 23.8 Å². The van der Waals surface area contributed by atoms with E-state index in [1.54, 1.807) is 18.2 Å². The molecule has 2 aliphatic heterocycles. The Morgan fingerprint density at radius 3 is 2.48 bits per heavy atom. The number of hydrogen-bond acceptors (Lipinski definition) is 5. The average Bonchev–Trinajstić information content (AvgIpc) is 3.21. The lowest BCUT2D eigenvalue weighted by molar-refractivity contribution is 0.0698. The number of benzene rings is 1. The fraction of sp³-hybridized carbons (Fsp3) is 0.632. The number of carbonyl (C=O) groups excluding carboxylic acids is 1. The van der Waals surface area contributed by atoms with E-state index in [1.807, 2.05) is 11.9 Å². The molecule has 1 amide bonds. The van der Waals surface area contributed by atoms with Gasteiger partial charge >= 0.3 is 0 Å². The maximum atomic E-state index is 13.4. The molecule has 150 valence electrons. The Hall–Kier alpha value is -1.64. The molecule has 1 N–H and O–H groups in total. The molecule has 1 aromatic rings. The summed E-state index contributed by atoms with van der Waals surface area (Å²) in [5.74, 6) is -0.0762. The van der Waals surface area contributed by atoms with Crippen LogP contribution in [0.15, 0.2) is 23.1 Å². The molecule has 1 unspecified atom stereocenters. The highest BCUT2D eigenvalue weighted by molar-refractivity contribution is 7.89. The van der Waals surface area contributed by atoms with Crippen molar-refractivity contribution in [3.63, 3.8) is 0 Å². The van der Waals surface area contributed by atoms with Crippen LogP contribution in [-0.4, -0.2) is 76.9 Å². The Balaban J connectivity index is 2.00. The molecule has 1 atom stereocenters. The summed E-state index contributed by atoms with van der Waals surface area (Å²) in [6, 6.07) is 5.27. The highest BCUT2D eigenvalue weighted by atomic mass is 32.2. The Morgan fingerprint density at radius 2 is 1.85 bits per heavy atom. The number of likely N-dealkylation sites (N-methyl/N-ethyl adjacent to an activating group) is 1. The van der Waals surface area contributed by atoms with E-state index in [4.69, 9.17) is 0 Å². The number of nitrogens with one attached hydrogen (secondary N) is 1. The molecule has 0 radical (unpaired) electrons. The summed E-state index contributed by atoms with van der Waals surface area (Å²) in [5, 5.41) is 3.25. The number of anilines is 1. The van der Waals surface area contributed by atoms with Crippen LogP contribution in [0.1, 0.15) is 36.0 Å². The minimum absolute atomic E-state index is 0.0762. The van der Waals surface area contributed by atoms with Gasteiger partial charge in [0.25, 0.3) is 5.91 Å². The van der Waals surface area contributed by atoms with Crippen molar-refractivity contribution in [2.75, 3.05) is 52.2 Å². The van der Waals surface area contributed by atoms with Gasteiger partial charge in [0, 0.05) is 52.0 Å². The van der Waals surface area contributed by atoms with E-state index in [9.17, 15) is 13.2 Å². The summed E-state index contributed by atoms with van der Waals surface area (Å²) in [5.41, 5.74) is 1.35. The van der Waals surface area contributed by atoms with Crippen LogP contribution in [0.25, 0.3) is 0 Å². The molecule has 27 heavy (non-hydrogen) atoms. The maximum absolute atomic E-state index is 13.4. The van der Waals surface area contributed by atoms with Crippen molar-refractivity contribution < 1.29 is 13.2 Å². The maximum Gasteiger partial charge on any atom is 0.256 e. The lowest BCUT2D eigenvalue weighted by atomic mass is 10.0. The van der Waals surface area contributed by atoms with Crippen molar-refractivity contribution in [3.8, 4) is 0 Å². The van der Waals surface area contributed by atoms with Crippen molar-refractivity contribution in [2.24, 2.45) is 0 Å². The number of nitrogens with zero attached hydrogens (tertiary/aromatic N) is 3. The number of likely N-dealkylation sites (tertiary alicyclic amines) is 1. The molecule has 0 aliphatic carbocycles. The smallest absolute Gasteiger partial charge is 0.256 e. The van der Waals surface area contributed by atoms with Crippen molar-refractivity contribution in [2.45, 2.75) is 36.6 Å². The summed E-state index contributed by atoms with van der Waals surface area (Å²) in [6.07, 6.45) is 4.19. The van der Waals surface area contributed by atoms with Crippen LogP contribution >= 0.6 is 0 Å². The number of carbonyl (C=O) groups is 1. The first-order chi connectivity index (χ1) is 12.8. The largest absolute Gasteiger partial charge is 0.371 e. The van der Waals surface area contributed by atoms with E-state index >= 15 is 0 Å². The first-order valence-corrected chi connectivity index (χ1v) is 11.1. The molecule has 3 rings (SSSR count). The van der Waals surface area contributed by atoms with Crippen LogP contribution in [0.2, 0.25) is 0 Å². The number of piperidine rings is 1. The molecule has 1 aromatic carbocycles. The number of rotatable bonds is 5. The second-order valence-electron chi connectivity index (χ2n) is 7.54. The van der Waals surface area contributed by atoms with Gasteiger partial charge in [0.2, 0.25) is 10.0 Å². The van der Waals surface area contributed by atoms with Gasteiger partial charge in [0.1, 0.15) is 0 Å². The quantitative estimate of drug-likeness (QED) is 0.816. The number of sulfonamides is 1. The lowest BCUT2D eigenvalue weighted by Crippen LogP contribution is -2.47. The summed E-state index contributed by atoms with van der Waals surface area (Å²) < 4.78 is 26.4. The van der Waals surface area contributed by atoms with Crippen molar-refractivity contribution in [1.29, 1.82) is 0 Å². The van der Waals surface area contributed by atoms with Crippen LogP contribution in [0.4, 0.5) is 5.69 Å². The summed E-state index contributed by atoms with van der Waals surface area (Å²) in [4.78, 5) is 17.6. The Labute approximate surface area is 162 Å². The number of hydrogen-bond donors (Lipinski definition) is 1. The molecule has 2 aliphatic rings. The fourth-order valence-electron chi connectivity index (χ4n) is 3.86. The van der Waals surface area contributed by atoms with Crippen LogP contribution < -0.4 is 10.2 Å². The van der Waals surface area contributed by atoms with E-state index in [1.165, 1.54) is 18.4 Å². The van der Waals surface area contributed by atoms with E-state index in [0.717, 1.165) is 44.5 Å². The Bertz CT molecular complexity index is 788. The molecule has 8 heteroatoms. The highest BCUT2D eigenvalue weighted by Gasteiger charge is 2.29. The Morgan fingerprint density at radius 1 is 1.15 bits per heavy atom. The zero-order valence-electron chi connectivity index (χ0n) is 16.4. The van der Waals surface area contributed by atoms with E-state index < -0.39 is 10.0 Å². The van der Waals surface area contributed by atoms with Gasteiger partial charge in [-0.15, -0.1) is 0 Å². The van der Waals surface area contributed by atoms with Gasteiger partial charge in [0.05, 0.1) is 10.5 Å². The second-order valence-corrected chi connectivity index (χ2v) is 9.69. The van der Waals surface area contributed by atoms with Gasteiger partial charge in [-0.1, -0.05) is 0 Å². The van der Waals surface area contributed by atoms with E-state index in [2.05, 4.69) is 10.2 Å². The average molecular weight is 395 g/mol. The minimum Gasteiger partial charge on any atom is -0.371 e. The van der Waals surface area contributed by atoms with Crippen LogP contribution in [-0.2, 0) is 10.0 Å². The first kappa shape index (κ1) is 20.1. The van der Waals surface area contributed by atoms with Gasteiger partial charge in [-0.3, -0.25) is 4.79 Å². The van der Waals surface area contributed by atoms with Gasteiger partial charge in [-0.2, -0.15) is 0 Å². The molecular formula is C19H30N4O3S. The van der Waals surface area contributed by atoms with E-state index in [0.29, 0.717) is 18.7 Å². The second kappa shape index (κ2) is 8.16. The standard InChI is InChI=1S/C19H30N4O3S/c1-20-15-7-6-12-23(14-15)19(24)17-13-16(27(25,26)21(2)3)8-9-18(17)22-10-4-5-11-22/h8-9,13,15,20H,4-7,10-12,14H2,1-3H3. The predicted molar refractivity (Wildman–Crippen MR) is 107 cm³/mol. The zero-order chi connectivity index (χ0) is 19.6. The monoisotopic (exact) mass is 394 g/mol. The molecule has 7 nitrogen and oxygen atoms in total. The summed E-state index contributed by atoms with van der Waals surface area (Å²) in [6.45, 7) is 3.17. The van der Waals surface area contributed by atoms with Gasteiger partial charge in [-0.25, -0.2) is 12.7 Å². The van der Waals surface area contributed by atoms with Crippen molar-refractivity contribution >= 4 is 21.6 Å². The van der Waals surface area contributed by atoms with Gasteiger partial charge in [-0.05, 0) is 50.9 Å². The van der Waals surface area contributed by atoms with Gasteiger partial charge < -0.3 is 15.1 Å². The first-order valence-electron chi connectivity index (χ1n) is 9.62. The third kappa shape index (κ3) is 4.12. The summed E-state index contributed by atoms with van der Waals surface area (Å²) >= 11 is 0. The molecular weight excluding hydrogens is 364 g/mol. The third-order valence-corrected chi connectivity index (χ3v) is 7.35. The van der Waals surface area contributed by atoms with Crippen LogP contribution in [0.3, 0.4) is 0 Å². The predicted octanol–water partition coefficient (Wildman–Crippen LogP) is 1.36. The fourth-order valence-corrected chi connectivity index (χ4v) is 4.79. The topological polar surface area (TPSA) is 73.0 Å².